The fourth-order valence-corrected chi connectivity index (χ4v) is 2.76. The number of nitrogens with zero attached hydrogens (tertiary/aromatic N) is 1. The summed E-state index contributed by atoms with van der Waals surface area (Å²) in [5.41, 5.74) is 0.696. The summed E-state index contributed by atoms with van der Waals surface area (Å²) in [6, 6.07) is 5.72. The molecule has 0 atom stereocenters. The molecule has 0 fully saturated rings. The SMILES string of the molecule is COc1ccc(C(=O)OCC(=O)c2cc(C)n(CC(F)(F)F)c2C)cc1OC. The predicted molar refractivity (Wildman–Crippen MR) is 94.1 cm³/mol. The van der Waals surface area contributed by atoms with Crippen LogP contribution in [0.1, 0.15) is 32.1 Å². The van der Waals surface area contributed by atoms with Gasteiger partial charge in [0.25, 0.3) is 0 Å². The summed E-state index contributed by atoms with van der Waals surface area (Å²) in [5.74, 6) is -0.611. The van der Waals surface area contributed by atoms with E-state index < -0.39 is 31.1 Å². The number of ketones is 1. The molecule has 0 saturated heterocycles. The van der Waals surface area contributed by atoms with Gasteiger partial charge in [0.1, 0.15) is 6.54 Å². The lowest BCUT2D eigenvalue weighted by molar-refractivity contribution is -0.141. The lowest BCUT2D eigenvalue weighted by Crippen LogP contribution is -2.20. The number of hydrogen-bond acceptors (Lipinski definition) is 5. The number of carbonyl (C=O) groups is 2. The summed E-state index contributed by atoms with van der Waals surface area (Å²) in [7, 11) is 2.86. The third-order valence-corrected chi connectivity index (χ3v) is 4.17. The van der Waals surface area contributed by atoms with E-state index >= 15 is 0 Å². The zero-order valence-corrected chi connectivity index (χ0v) is 15.8. The van der Waals surface area contributed by atoms with Gasteiger partial charge < -0.3 is 18.8 Å². The van der Waals surface area contributed by atoms with Crippen molar-refractivity contribution in [2.75, 3.05) is 20.8 Å². The second kappa shape index (κ2) is 8.37. The van der Waals surface area contributed by atoms with Crippen LogP contribution in [0.15, 0.2) is 24.3 Å². The Morgan fingerprint density at radius 3 is 2.25 bits per heavy atom. The summed E-state index contributed by atoms with van der Waals surface area (Å²) in [6.07, 6.45) is -4.41. The van der Waals surface area contributed by atoms with E-state index in [2.05, 4.69) is 0 Å². The van der Waals surface area contributed by atoms with E-state index in [1.165, 1.54) is 52.3 Å². The van der Waals surface area contributed by atoms with Gasteiger partial charge in [-0.15, -0.1) is 0 Å². The van der Waals surface area contributed by atoms with Gasteiger partial charge in [-0.25, -0.2) is 4.79 Å². The van der Waals surface area contributed by atoms with Gasteiger partial charge in [0.05, 0.1) is 19.8 Å². The van der Waals surface area contributed by atoms with Gasteiger partial charge >= 0.3 is 12.1 Å². The van der Waals surface area contributed by atoms with Crippen molar-refractivity contribution in [3.63, 3.8) is 0 Å². The number of esters is 1. The third-order valence-electron chi connectivity index (χ3n) is 4.17. The van der Waals surface area contributed by atoms with Crippen LogP contribution in [0.2, 0.25) is 0 Å². The number of hydrogen-bond donors (Lipinski definition) is 0. The molecule has 1 aromatic carbocycles. The van der Waals surface area contributed by atoms with E-state index in [0.29, 0.717) is 17.2 Å². The highest BCUT2D eigenvalue weighted by Gasteiger charge is 2.30. The number of rotatable bonds is 7. The van der Waals surface area contributed by atoms with Crippen LogP contribution in [0, 0.1) is 13.8 Å². The largest absolute Gasteiger partial charge is 0.493 e. The van der Waals surface area contributed by atoms with Gasteiger partial charge in [0, 0.05) is 17.0 Å². The van der Waals surface area contributed by atoms with Crippen molar-refractivity contribution < 1.29 is 37.0 Å². The normalized spacial score (nSPS) is 11.2. The van der Waals surface area contributed by atoms with Crippen LogP contribution in [-0.2, 0) is 11.3 Å². The van der Waals surface area contributed by atoms with Crippen LogP contribution in [0.4, 0.5) is 13.2 Å². The standard InChI is InChI=1S/C19H20F3NO5/c1-11-7-14(12(2)23(11)10-19(20,21)22)15(24)9-28-18(25)13-5-6-16(26-3)17(8-13)27-4/h5-8H,9-10H2,1-4H3. The van der Waals surface area contributed by atoms with Crippen LogP contribution in [-0.4, -0.2) is 43.3 Å². The molecule has 152 valence electrons. The van der Waals surface area contributed by atoms with Crippen molar-refractivity contribution in [2.45, 2.75) is 26.6 Å². The van der Waals surface area contributed by atoms with Gasteiger partial charge in [-0.05, 0) is 38.1 Å². The Balaban J connectivity index is 2.10. The van der Waals surface area contributed by atoms with Gasteiger partial charge in [0.2, 0.25) is 5.78 Å². The Morgan fingerprint density at radius 1 is 1.04 bits per heavy atom. The van der Waals surface area contributed by atoms with Gasteiger partial charge in [-0.2, -0.15) is 13.2 Å². The van der Waals surface area contributed by atoms with Gasteiger partial charge in [0.15, 0.2) is 18.1 Å². The molecule has 0 aliphatic heterocycles. The zero-order chi connectivity index (χ0) is 21.1. The summed E-state index contributed by atoms with van der Waals surface area (Å²) in [5, 5.41) is 0. The minimum atomic E-state index is -4.41. The Hall–Kier alpha value is -2.97. The van der Waals surface area contributed by atoms with E-state index in [9.17, 15) is 22.8 Å². The maximum Gasteiger partial charge on any atom is 0.406 e. The molecule has 0 radical (unpaired) electrons. The molecule has 0 aliphatic rings. The minimum absolute atomic E-state index is 0.0851. The van der Waals surface area contributed by atoms with E-state index in [4.69, 9.17) is 14.2 Å². The average Bonchev–Trinajstić information content (AvgIpc) is 2.92. The summed E-state index contributed by atoms with van der Waals surface area (Å²) >= 11 is 0. The number of alkyl halides is 3. The van der Waals surface area contributed by atoms with Crippen LogP contribution in [0.25, 0.3) is 0 Å². The molecule has 0 spiro atoms. The summed E-state index contributed by atoms with van der Waals surface area (Å²) < 4.78 is 54.2. The van der Waals surface area contributed by atoms with E-state index in [-0.39, 0.29) is 16.8 Å². The lowest BCUT2D eigenvalue weighted by atomic mass is 10.1. The third kappa shape index (κ3) is 4.85. The monoisotopic (exact) mass is 399 g/mol. The van der Waals surface area contributed by atoms with Crippen LogP contribution < -0.4 is 9.47 Å². The molecule has 0 bridgehead atoms. The van der Waals surface area contributed by atoms with Crippen LogP contribution in [0.3, 0.4) is 0 Å². The number of benzene rings is 1. The lowest BCUT2D eigenvalue weighted by Gasteiger charge is -2.12. The number of aromatic nitrogens is 1. The van der Waals surface area contributed by atoms with Crippen LogP contribution in [0.5, 0.6) is 11.5 Å². The molecule has 0 unspecified atom stereocenters. The molecule has 0 N–H and O–H groups in total. The summed E-state index contributed by atoms with van der Waals surface area (Å²) in [6.45, 7) is 1.11. The van der Waals surface area contributed by atoms with Crippen molar-refractivity contribution in [3.8, 4) is 11.5 Å². The fraction of sp³-hybridized carbons (Fsp3) is 0.368. The Labute approximate surface area is 159 Å². The molecule has 28 heavy (non-hydrogen) atoms. The zero-order valence-electron chi connectivity index (χ0n) is 15.8. The second-order valence-corrected chi connectivity index (χ2v) is 6.06. The molecule has 2 aromatic rings. The Morgan fingerprint density at radius 2 is 1.68 bits per heavy atom. The highest BCUT2D eigenvalue weighted by atomic mass is 19.4. The number of halogens is 3. The highest BCUT2D eigenvalue weighted by molar-refractivity contribution is 6.00. The van der Waals surface area contributed by atoms with Crippen molar-refractivity contribution >= 4 is 11.8 Å². The molecule has 6 nitrogen and oxygen atoms in total. The maximum atomic E-state index is 12.7. The van der Waals surface area contributed by atoms with Gasteiger partial charge in [-0.3, -0.25) is 4.79 Å². The quantitative estimate of drug-likeness (QED) is 0.524. The molecule has 1 aromatic heterocycles. The van der Waals surface area contributed by atoms with E-state index in [1.54, 1.807) is 0 Å². The number of carbonyl (C=O) groups excluding carboxylic acids is 2. The second-order valence-electron chi connectivity index (χ2n) is 6.06. The number of ether oxygens (including phenoxy) is 3. The highest BCUT2D eigenvalue weighted by Crippen LogP contribution is 2.28. The topological polar surface area (TPSA) is 66.8 Å². The molecular formula is C19H20F3NO5. The number of Topliss-reactive ketones (excluding diaryl/α,β-unsaturated/α-hetero) is 1. The molecule has 9 heteroatoms. The van der Waals surface area contributed by atoms with Crippen molar-refractivity contribution in [2.24, 2.45) is 0 Å². The van der Waals surface area contributed by atoms with Crippen molar-refractivity contribution in [1.29, 1.82) is 0 Å². The van der Waals surface area contributed by atoms with E-state index in [0.717, 1.165) is 4.57 Å². The number of aryl methyl sites for hydroxylation is 1. The number of methoxy groups -OCH3 is 2. The molecule has 1 heterocycles. The first-order valence-corrected chi connectivity index (χ1v) is 8.23. The smallest absolute Gasteiger partial charge is 0.406 e. The molecule has 2 rings (SSSR count). The fourth-order valence-electron chi connectivity index (χ4n) is 2.76. The predicted octanol–water partition coefficient (Wildman–Crippen LogP) is 3.72. The first-order chi connectivity index (χ1) is 13.1. The van der Waals surface area contributed by atoms with Crippen molar-refractivity contribution in [1.82, 2.24) is 4.57 Å². The molecule has 0 amide bonds. The molecule has 0 aliphatic carbocycles. The first kappa shape index (κ1) is 21.3. The molecular weight excluding hydrogens is 379 g/mol. The maximum absolute atomic E-state index is 12.7. The van der Waals surface area contributed by atoms with Gasteiger partial charge in [-0.1, -0.05) is 0 Å². The first-order valence-electron chi connectivity index (χ1n) is 8.23. The Bertz CT molecular complexity index is 886. The average molecular weight is 399 g/mol. The minimum Gasteiger partial charge on any atom is -0.493 e. The Kier molecular flexibility index (Phi) is 6.37. The molecule has 0 saturated carbocycles. The van der Waals surface area contributed by atoms with Crippen LogP contribution >= 0.6 is 0 Å². The van der Waals surface area contributed by atoms with E-state index in [1.807, 2.05) is 0 Å². The summed E-state index contributed by atoms with van der Waals surface area (Å²) in [4.78, 5) is 24.5. The van der Waals surface area contributed by atoms with Crippen molar-refractivity contribution in [3.05, 3.63) is 46.8 Å².